The van der Waals surface area contributed by atoms with E-state index in [1.165, 1.54) is 9.21 Å². The number of carbonyl (C=O) groups excluding carboxylic acids is 1. The highest BCUT2D eigenvalue weighted by Gasteiger charge is 2.29. The fraction of sp³-hybridized carbons (Fsp3) is 0.900. The summed E-state index contributed by atoms with van der Waals surface area (Å²) in [4.78, 5) is 13.5. The highest BCUT2D eigenvalue weighted by atomic mass is 127. The van der Waals surface area contributed by atoms with E-state index in [1.54, 1.807) is 4.90 Å². The fourth-order valence-corrected chi connectivity index (χ4v) is 2.27. The normalized spacial score (nSPS) is 21.2. The van der Waals surface area contributed by atoms with E-state index in [1.807, 2.05) is 20.8 Å². The largest absolute Gasteiger partial charge is 0.444 e. The van der Waals surface area contributed by atoms with Gasteiger partial charge in [-0.1, -0.05) is 0 Å². The van der Waals surface area contributed by atoms with Crippen LogP contribution in [0.1, 0.15) is 27.2 Å². The molecule has 0 aromatic carbocycles. The Morgan fingerprint density at radius 1 is 1.56 bits per heavy atom. The molecule has 1 heterocycles. The lowest BCUT2D eigenvalue weighted by Gasteiger charge is -2.24. The molecule has 0 bridgehead atoms. The van der Waals surface area contributed by atoms with Crippen molar-refractivity contribution in [1.82, 2.24) is 4.90 Å². The monoisotopic (exact) mass is 359 g/mol. The van der Waals surface area contributed by atoms with Crippen molar-refractivity contribution in [2.45, 2.75) is 32.8 Å². The summed E-state index contributed by atoms with van der Waals surface area (Å²) in [5.74, 6) is 0.440. The molecule has 0 N–H and O–H groups in total. The molecule has 4 nitrogen and oxygen atoms in total. The summed E-state index contributed by atoms with van der Waals surface area (Å²) >= 11 is 2.10. The Labute approximate surface area is 113 Å². The third-order valence-electron chi connectivity index (χ3n) is 2.29. The maximum absolute atomic E-state index is 11.7. The summed E-state index contributed by atoms with van der Waals surface area (Å²) < 4.78 is 10.6. The van der Waals surface area contributed by atoms with Crippen molar-refractivity contribution in [3.8, 4) is 0 Å². The molecule has 0 radical (unpaired) electrons. The van der Waals surface area contributed by atoms with E-state index >= 15 is 0 Å². The minimum absolute atomic E-state index is 0.211. The molecule has 1 aliphatic heterocycles. The van der Waals surface area contributed by atoms with Crippen LogP contribution in [-0.2, 0) is 8.92 Å². The smallest absolute Gasteiger partial charge is 0.410 e. The first-order valence-corrected chi connectivity index (χ1v) is 8.59. The number of hydrogen-bond acceptors (Lipinski definition) is 4. The molecule has 1 saturated heterocycles. The molecule has 0 aromatic heterocycles. The Morgan fingerprint density at radius 3 is 2.81 bits per heavy atom. The van der Waals surface area contributed by atoms with Crippen molar-refractivity contribution in [1.29, 1.82) is 0 Å². The molecule has 1 rings (SSSR count). The Balaban J connectivity index is 2.32. The molecule has 0 saturated carbocycles. The van der Waals surface area contributed by atoms with E-state index in [2.05, 4.69) is 21.2 Å². The molecule has 94 valence electrons. The van der Waals surface area contributed by atoms with Gasteiger partial charge in [0.05, 0.1) is 15.8 Å². The summed E-state index contributed by atoms with van der Waals surface area (Å²) in [6.45, 7) is 7.87. The van der Waals surface area contributed by atoms with E-state index in [0.29, 0.717) is 12.5 Å². The zero-order valence-corrected chi connectivity index (χ0v) is 12.8. The lowest BCUT2D eigenvalue weighted by atomic mass is 10.1. The maximum Gasteiger partial charge on any atom is 0.410 e. The van der Waals surface area contributed by atoms with E-state index in [0.717, 1.165) is 19.5 Å². The molecule has 0 spiro atoms. The topological polar surface area (TPSA) is 38.8 Å². The van der Waals surface area contributed by atoms with Crippen LogP contribution in [0.5, 0.6) is 0 Å². The number of amides is 1. The average molecular weight is 359 g/mol. The highest BCUT2D eigenvalue weighted by molar-refractivity contribution is 14.2. The van der Waals surface area contributed by atoms with E-state index in [-0.39, 0.29) is 6.09 Å². The van der Waals surface area contributed by atoms with Crippen LogP contribution in [0.2, 0.25) is 0 Å². The Morgan fingerprint density at radius 2 is 2.25 bits per heavy atom. The maximum atomic E-state index is 11.7. The Kier molecular flexibility index (Phi) is 5.66. The lowest BCUT2D eigenvalue weighted by Crippen LogP contribution is -2.35. The summed E-state index contributed by atoms with van der Waals surface area (Å²) in [5.41, 5.74) is -0.413. The van der Waals surface area contributed by atoms with Gasteiger partial charge in [0.1, 0.15) is 5.60 Å². The van der Waals surface area contributed by atoms with Crippen LogP contribution in [0.25, 0.3) is 0 Å². The van der Waals surface area contributed by atoms with Crippen LogP contribution < -0.4 is 0 Å². The highest BCUT2D eigenvalue weighted by Crippen LogP contribution is 2.22. The zero-order chi connectivity index (χ0) is 12.2. The molecule has 1 amide bonds. The molecule has 16 heavy (non-hydrogen) atoms. The fourth-order valence-electron chi connectivity index (χ4n) is 1.58. The van der Waals surface area contributed by atoms with Gasteiger partial charge < -0.3 is 13.8 Å². The quantitative estimate of drug-likeness (QED) is 0.573. The third kappa shape index (κ3) is 5.09. The number of ether oxygens (including phenoxy) is 1. The molecule has 1 aliphatic rings. The van der Waals surface area contributed by atoms with E-state index in [9.17, 15) is 4.79 Å². The van der Waals surface area contributed by atoms with Gasteiger partial charge in [-0.3, -0.25) is 0 Å². The Bertz CT molecular complexity index is 245. The Hall–Kier alpha value is 0.310. The van der Waals surface area contributed by atoms with Gasteiger partial charge in [0.25, 0.3) is 0 Å². The van der Waals surface area contributed by atoms with Crippen LogP contribution in [0.15, 0.2) is 0 Å². The third-order valence-corrected chi connectivity index (χ3v) is 3.27. The first-order valence-electron chi connectivity index (χ1n) is 5.30. The molecular weight excluding hydrogens is 341 g/mol. The number of carbonyl (C=O) groups is 1. The first kappa shape index (κ1) is 14.4. The minimum atomic E-state index is -0.413. The van der Waals surface area contributed by atoms with Gasteiger partial charge in [0.15, 0.2) is 0 Å². The summed E-state index contributed by atoms with van der Waals surface area (Å²) in [6.07, 6.45) is 0.785. The van der Waals surface area contributed by atoms with E-state index in [4.69, 9.17) is 8.92 Å². The summed E-state index contributed by atoms with van der Waals surface area (Å²) in [7, 11) is 1.34. The van der Waals surface area contributed by atoms with Crippen LogP contribution in [0, 0.1) is 5.92 Å². The lowest BCUT2D eigenvalue weighted by molar-refractivity contribution is 0.0285. The second-order valence-electron chi connectivity index (χ2n) is 4.93. The number of halogens is 1. The second kappa shape index (κ2) is 6.30. The zero-order valence-electron chi connectivity index (χ0n) is 9.86. The van der Waals surface area contributed by atoms with Gasteiger partial charge in [-0.2, -0.15) is 0 Å². The summed E-state index contributed by atoms with van der Waals surface area (Å²) in [5, 5.41) is 0. The molecule has 0 unspecified atom stereocenters. The van der Waals surface area contributed by atoms with Gasteiger partial charge in [-0.15, -0.1) is 0 Å². The van der Waals surface area contributed by atoms with E-state index < -0.39 is 5.60 Å². The van der Waals surface area contributed by atoms with Gasteiger partial charge in [0, 0.05) is 40.2 Å². The van der Waals surface area contributed by atoms with Crippen molar-refractivity contribution in [3.63, 3.8) is 0 Å². The number of nitrogens with zero attached hydrogens (tertiary/aromatic N) is 1. The molecule has 6 heteroatoms. The van der Waals surface area contributed by atoms with Crippen molar-refractivity contribution in [3.05, 3.63) is 0 Å². The second-order valence-corrected chi connectivity index (χ2v) is 6.37. The number of likely N-dealkylation sites (tertiary alicyclic amines) is 1. The van der Waals surface area contributed by atoms with Crippen molar-refractivity contribution in [2.75, 3.05) is 19.7 Å². The predicted octanol–water partition coefficient (Wildman–Crippen LogP) is 3.26. The molecule has 0 aliphatic carbocycles. The van der Waals surface area contributed by atoms with Gasteiger partial charge in [0.2, 0.25) is 0 Å². The molecule has 1 fully saturated rings. The number of hydrogen-bond donors (Lipinski definition) is 0. The van der Waals surface area contributed by atoms with Crippen molar-refractivity contribution in [2.24, 2.45) is 5.92 Å². The molecule has 0 aromatic rings. The van der Waals surface area contributed by atoms with Gasteiger partial charge in [-0.05, 0) is 27.2 Å². The minimum Gasteiger partial charge on any atom is -0.444 e. The number of rotatable bonds is 3. The van der Waals surface area contributed by atoms with Crippen LogP contribution in [-0.4, -0.2) is 36.3 Å². The van der Waals surface area contributed by atoms with Crippen LogP contribution in [0.4, 0.5) is 4.79 Å². The standard InChI is InChI=1S/C10H18INO3S/c1-10(2,3)15-9(13)12-5-4-8(6-12)7-14-16-11/h8H,4-7H2,1-3H3/t8-/m1/s1. The molecular formula is C10H18INO3S. The molecule has 1 atom stereocenters. The first-order chi connectivity index (χ1) is 7.42. The van der Waals surface area contributed by atoms with Crippen molar-refractivity contribution < 1.29 is 13.7 Å². The summed E-state index contributed by atoms with van der Waals surface area (Å²) in [6, 6.07) is 0. The van der Waals surface area contributed by atoms with Gasteiger partial charge in [-0.25, -0.2) is 4.79 Å². The SMILES string of the molecule is CC(C)(C)OC(=O)N1CC[C@@H](COSI)C1. The van der Waals surface area contributed by atoms with Crippen LogP contribution >= 0.6 is 30.4 Å². The van der Waals surface area contributed by atoms with Crippen LogP contribution in [0.3, 0.4) is 0 Å². The van der Waals surface area contributed by atoms with Gasteiger partial charge >= 0.3 is 6.09 Å². The average Bonchev–Trinajstić information content (AvgIpc) is 2.60. The predicted molar refractivity (Wildman–Crippen MR) is 73.5 cm³/mol. The van der Waals surface area contributed by atoms with Crippen molar-refractivity contribution >= 4 is 36.5 Å².